The number of amides is 1. The lowest BCUT2D eigenvalue weighted by molar-refractivity contribution is -0.125. The molecule has 0 saturated heterocycles. The molecule has 0 radical (unpaired) electrons. The normalized spacial score (nSPS) is 16.8. The zero-order valence-corrected chi connectivity index (χ0v) is 14.9. The van der Waals surface area contributed by atoms with Crippen LogP contribution in [0.4, 0.5) is 5.69 Å². The molecule has 4 rings (SSSR count). The number of hydrogen-bond acceptors (Lipinski definition) is 5. The minimum Gasteiger partial charge on any atom is -0.384 e. The molecular weight excluding hydrogens is 354 g/mol. The molecule has 2 aromatic carbocycles. The van der Waals surface area contributed by atoms with Crippen LogP contribution in [-0.2, 0) is 9.63 Å². The highest BCUT2D eigenvalue weighted by Crippen LogP contribution is 2.23. The summed E-state index contributed by atoms with van der Waals surface area (Å²) in [4.78, 5) is 21.9. The molecule has 2 atom stereocenters. The SMILES string of the molecule is O=C(Nc1ccc(C(O)c2ccccc2)cc1)[C@@H]1C=C(c2cccnc2)NO1. The number of nitrogens with one attached hydrogen (secondary N) is 2. The lowest BCUT2D eigenvalue weighted by atomic mass is 10.0. The van der Waals surface area contributed by atoms with Gasteiger partial charge in [0.15, 0.2) is 6.10 Å². The molecule has 2 heterocycles. The van der Waals surface area contributed by atoms with Crippen LogP contribution < -0.4 is 10.8 Å². The van der Waals surface area contributed by atoms with E-state index in [1.807, 2.05) is 42.5 Å². The second kappa shape index (κ2) is 8.04. The number of hydroxylamine groups is 1. The van der Waals surface area contributed by atoms with E-state index >= 15 is 0 Å². The molecular formula is C22H19N3O3. The van der Waals surface area contributed by atoms with E-state index in [-0.39, 0.29) is 5.91 Å². The lowest BCUT2D eigenvalue weighted by Crippen LogP contribution is -2.28. The standard InChI is InChI=1S/C22H19N3O3/c26-21(15-5-2-1-3-6-15)16-8-10-18(11-9-16)24-22(27)20-13-19(25-28-20)17-7-4-12-23-14-17/h1-14,20-21,25-26H,(H,24,27)/t20-,21?/m0/s1. The molecule has 3 N–H and O–H groups in total. The maximum absolute atomic E-state index is 12.4. The van der Waals surface area contributed by atoms with Crippen molar-refractivity contribution in [1.29, 1.82) is 0 Å². The van der Waals surface area contributed by atoms with E-state index in [1.165, 1.54) is 0 Å². The number of anilines is 1. The van der Waals surface area contributed by atoms with E-state index in [4.69, 9.17) is 4.84 Å². The number of nitrogens with zero attached hydrogens (tertiary/aromatic N) is 1. The Morgan fingerprint density at radius 1 is 1.04 bits per heavy atom. The number of aliphatic hydroxyl groups excluding tert-OH is 1. The number of benzene rings is 2. The Labute approximate surface area is 162 Å². The fraction of sp³-hybridized carbons (Fsp3) is 0.0909. The first-order chi connectivity index (χ1) is 13.7. The van der Waals surface area contributed by atoms with Crippen LogP contribution in [0.2, 0.25) is 0 Å². The summed E-state index contributed by atoms with van der Waals surface area (Å²) < 4.78 is 0. The first-order valence-corrected chi connectivity index (χ1v) is 8.88. The average molecular weight is 373 g/mol. The van der Waals surface area contributed by atoms with Crippen molar-refractivity contribution in [1.82, 2.24) is 10.5 Å². The molecule has 0 bridgehead atoms. The average Bonchev–Trinajstić information content (AvgIpc) is 3.26. The van der Waals surface area contributed by atoms with Crippen molar-refractivity contribution in [2.24, 2.45) is 0 Å². The van der Waals surface area contributed by atoms with Gasteiger partial charge in [0.1, 0.15) is 6.10 Å². The van der Waals surface area contributed by atoms with E-state index < -0.39 is 12.2 Å². The monoisotopic (exact) mass is 373 g/mol. The molecule has 6 nitrogen and oxygen atoms in total. The molecule has 6 heteroatoms. The van der Waals surface area contributed by atoms with Crippen LogP contribution in [0.15, 0.2) is 85.2 Å². The Morgan fingerprint density at radius 2 is 1.79 bits per heavy atom. The third kappa shape index (κ3) is 3.93. The number of carbonyl (C=O) groups excluding carboxylic acids is 1. The third-order valence-electron chi connectivity index (χ3n) is 4.45. The minimum atomic E-state index is -0.746. The largest absolute Gasteiger partial charge is 0.384 e. The van der Waals surface area contributed by atoms with Gasteiger partial charge in [-0.15, -0.1) is 0 Å². The first-order valence-electron chi connectivity index (χ1n) is 8.88. The summed E-state index contributed by atoms with van der Waals surface area (Å²) in [5.74, 6) is -0.289. The molecule has 0 fully saturated rings. The van der Waals surface area contributed by atoms with Crippen LogP contribution in [-0.4, -0.2) is 22.1 Å². The van der Waals surface area contributed by atoms with Crippen LogP contribution in [0.5, 0.6) is 0 Å². The fourth-order valence-corrected chi connectivity index (χ4v) is 2.94. The number of rotatable bonds is 5. The highest BCUT2D eigenvalue weighted by atomic mass is 16.7. The van der Waals surface area contributed by atoms with Crippen LogP contribution in [0, 0.1) is 0 Å². The summed E-state index contributed by atoms with van der Waals surface area (Å²) in [5.41, 5.74) is 6.50. The van der Waals surface area contributed by atoms with Gasteiger partial charge in [-0.05, 0) is 41.5 Å². The van der Waals surface area contributed by atoms with Gasteiger partial charge >= 0.3 is 0 Å². The van der Waals surface area contributed by atoms with Gasteiger partial charge in [-0.2, -0.15) is 0 Å². The highest BCUT2D eigenvalue weighted by molar-refractivity contribution is 5.97. The number of aliphatic hydroxyl groups is 1. The van der Waals surface area contributed by atoms with Gasteiger partial charge < -0.3 is 10.4 Å². The van der Waals surface area contributed by atoms with E-state index in [0.717, 1.165) is 16.7 Å². The third-order valence-corrected chi connectivity index (χ3v) is 4.45. The maximum atomic E-state index is 12.4. The second-order valence-corrected chi connectivity index (χ2v) is 6.39. The van der Waals surface area contributed by atoms with Crippen molar-refractivity contribution < 1.29 is 14.7 Å². The predicted octanol–water partition coefficient (Wildman–Crippen LogP) is 3.05. The van der Waals surface area contributed by atoms with E-state index in [9.17, 15) is 9.90 Å². The Bertz CT molecular complexity index is 973. The Balaban J connectivity index is 1.41. The van der Waals surface area contributed by atoms with Gasteiger partial charge in [-0.1, -0.05) is 42.5 Å². The van der Waals surface area contributed by atoms with E-state index in [0.29, 0.717) is 11.4 Å². The van der Waals surface area contributed by atoms with Gasteiger partial charge in [0.25, 0.3) is 5.91 Å². The summed E-state index contributed by atoms with van der Waals surface area (Å²) in [6.45, 7) is 0. The molecule has 0 aliphatic carbocycles. The molecule has 1 aliphatic heterocycles. The molecule has 1 aromatic heterocycles. The quantitative estimate of drug-likeness (QED) is 0.640. The summed E-state index contributed by atoms with van der Waals surface area (Å²) >= 11 is 0. The van der Waals surface area contributed by atoms with Crippen molar-refractivity contribution >= 4 is 17.3 Å². The number of pyridine rings is 1. The van der Waals surface area contributed by atoms with Crippen molar-refractivity contribution in [3.63, 3.8) is 0 Å². The zero-order valence-electron chi connectivity index (χ0n) is 14.9. The van der Waals surface area contributed by atoms with Gasteiger partial charge in [0, 0.05) is 23.6 Å². The summed E-state index contributed by atoms with van der Waals surface area (Å²) in [6.07, 6.45) is 3.63. The molecule has 0 spiro atoms. The van der Waals surface area contributed by atoms with Crippen molar-refractivity contribution in [3.05, 3.63) is 102 Å². The number of carbonyl (C=O) groups is 1. The molecule has 140 valence electrons. The predicted molar refractivity (Wildman–Crippen MR) is 106 cm³/mol. The number of hydrogen-bond donors (Lipinski definition) is 3. The molecule has 3 aromatic rings. The Morgan fingerprint density at radius 3 is 2.50 bits per heavy atom. The van der Waals surface area contributed by atoms with E-state index in [1.54, 1.807) is 42.7 Å². The van der Waals surface area contributed by atoms with Gasteiger partial charge in [-0.3, -0.25) is 20.1 Å². The van der Waals surface area contributed by atoms with Gasteiger partial charge in [-0.25, -0.2) is 0 Å². The summed E-state index contributed by atoms with van der Waals surface area (Å²) in [6, 6.07) is 20.2. The fourth-order valence-electron chi connectivity index (χ4n) is 2.94. The van der Waals surface area contributed by atoms with Crippen LogP contribution in [0.3, 0.4) is 0 Å². The van der Waals surface area contributed by atoms with Gasteiger partial charge in [0.2, 0.25) is 0 Å². The maximum Gasteiger partial charge on any atom is 0.260 e. The number of aromatic nitrogens is 1. The molecule has 1 unspecified atom stereocenters. The first kappa shape index (κ1) is 17.9. The highest BCUT2D eigenvalue weighted by Gasteiger charge is 2.24. The minimum absolute atomic E-state index is 0.289. The van der Waals surface area contributed by atoms with Crippen molar-refractivity contribution in [2.45, 2.75) is 12.2 Å². The molecule has 0 saturated carbocycles. The lowest BCUT2D eigenvalue weighted by Gasteiger charge is -2.13. The Hall–Kier alpha value is -3.48. The Kier molecular flexibility index (Phi) is 5.14. The van der Waals surface area contributed by atoms with E-state index in [2.05, 4.69) is 15.8 Å². The van der Waals surface area contributed by atoms with Gasteiger partial charge in [0.05, 0.1) is 5.70 Å². The molecule has 28 heavy (non-hydrogen) atoms. The van der Waals surface area contributed by atoms with Crippen LogP contribution in [0.25, 0.3) is 5.70 Å². The van der Waals surface area contributed by atoms with Crippen LogP contribution in [0.1, 0.15) is 22.8 Å². The van der Waals surface area contributed by atoms with Crippen molar-refractivity contribution in [3.8, 4) is 0 Å². The van der Waals surface area contributed by atoms with Crippen LogP contribution >= 0.6 is 0 Å². The smallest absolute Gasteiger partial charge is 0.260 e. The molecule has 1 amide bonds. The molecule has 1 aliphatic rings. The summed E-state index contributed by atoms with van der Waals surface area (Å²) in [5, 5.41) is 13.3. The summed E-state index contributed by atoms with van der Waals surface area (Å²) in [7, 11) is 0. The topological polar surface area (TPSA) is 83.5 Å². The second-order valence-electron chi connectivity index (χ2n) is 6.39. The zero-order chi connectivity index (χ0) is 19.3. The van der Waals surface area contributed by atoms with Crippen molar-refractivity contribution in [2.75, 3.05) is 5.32 Å².